The molecule has 0 aliphatic carbocycles. The minimum absolute atomic E-state index is 0.253. The van der Waals surface area contributed by atoms with Crippen molar-refractivity contribution in [3.8, 4) is 0 Å². The quantitative estimate of drug-likeness (QED) is 0.423. The summed E-state index contributed by atoms with van der Waals surface area (Å²) in [4.78, 5) is 4.23. The standard InChI is InChI=1S/C22H39NO2/c1-3-4-5-6-7-8-9-10-11-14-19(2)22(25)18-21(24)17-20-15-12-13-16-23-20/h12-13,15-16,19,21-22,24-25H,3-11,14,17-18H2,1-2H3. The maximum Gasteiger partial charge on any atom is 0.0620 e. The molecule has 3 heteroatoms. The fraction of sp³-hybridized carbons (Fsp3) is 0.773. The first-order valence-corrected chi connectivity index (χ1v) is 10.4. The van der Waals surface area contributed by atoms with Crippen LogP contribution in [0.2, 0.25) is 0 Å². The Bertz CT molecular complexity index is 410. The van der Waals surface area contributed by atoms with Crippen LogP contribution in [0.15, 0.2) is 24.4 Å². The fourth-order valence-electron chi connectivity index (χ4n) is 3.32. The summed E-state index contributed by atoms with van der Waals surface area (Å²) in [5.41, 5.74) is 0.883. The summed E-state index contributed by atoms with van der Waals surface area (Å²) in [6, 6.07) is 5.72. The number of nitrogens with zero attached hydrogens (tertiary/aromatic N) is 1. The number of hydrogen-bond donors (Lipinski definition) is 2. The van der Waals surface area contributed by atoms with E-state index in [4.69, 9.17) is 0 Å². The molecule has 0 aliphatic rings. The lowest BCUT2D eigenvalue weighted by molar-refractivity contribution is 0.0452. The van der Waals surface area contributed by atoms with Crippen molar-refractivity contribution in [2.24, 2.45) is 5.92 Å². The lowest BCUT2D eigenvalue weighted by Gasteiger charge is -2.21. The van der Waals surface area contributed by atoms with Gasteiger partial charge in [-0.1, -0.05) is 77.7 Å². The van der Waals surface area contributed by atoms with Gasteiger partial charge in [0.15, 0.2) is 0 Å². The van der Waals surface area contributed by atoms with Crippen molar-refractivity contribution in [2.75, 3.05) is 0 Å². The number of unbranched alkanes of at least 4 members (excludes halogenated alkanes) is 8. The lowest BCUT2D eigenvalue weighted by atomic mass is 9.92. The summed E-state index contributed by atoms with van der Waals surface area (Å²) in [6.07, 6.45) is 14.8. The van der Waals surface area contributed by atoms with E-state index in [1.807, 2.05) is 18.2 Å². The normalized spacial score (nSPS) is 15.0. The third-order valence-corrected chi connectivity index (χ3v) is 5.10. The molecule has 3 atom stereocenters. The van der Waals surface area contributed by atoms with Crippen LogP contribution >= 0.6 is 0 Å². The molecule has 0 fully saturated rings. The third kappa shape index (κ3) is 11.3. The van der Waals surface area contributed by atoms with Gasteiger partial charge in [0.2, 0.25) is 0 Å². The van der Waals surface area contributed by atoms with Crippen LogP contribution in [0.3, 0.4) is 0 Å². The average molecular weight is 350 g/mol. The molecule has 0 saturated carbocycles. The van der Waals surface area contributed by atoms with E-state index in [0.29, 0.717) is 12.8 Å². The lowest BCUT2D eigenvalue weighted by Crippen LogP contribution is -2.25. The second-order valence-corrected chi connectivity index (χ2v) is 7.58. The first kappa shape index (κ1) is 22.1. The number of hydrogen-bond acceptors (Lipinski definition) is 3. The van der Waals surface area contributed by atoms with Gasteiger partial charge < -0.3 is 10.2 Å². The van der Waals surface area contributed by atoms with Crippen LogP contribution in [0.4, 0.5) is 0 Å². The molecule has 0 radical (unpaired) electrons. The predicted molar refractivity (Wildman–Crippen MR) is 106 cm³/mol. The van der Waals surface area contributed by atoms with Crippen LogP contribution in [0.25, 0.3) is 0 Å². The first-order chi connectivity index (χ1) is 12.1. The topological polar surface area (TPSA) is 53.4 Å². The molecule has 0 amide bonds. The largest absolute Gasteiger partial charge is 0.393 e. The summed E-state index contributed by atoms with van der Waals surface area (Å²) in [6.45, 7) is 4.36. The smallest absolute Gasteiger partial charge is 0.0620 e. The predicted octanol–water partition coefficient (Wildman–Crippen LogP) is 5.29. The van der Waals surface area contributed by atoms with E-state index in [1.165, 1.54) is 57.8 Å². The SMILES string of the molecule is CCCCCCCCCCCC(C)C(O)CC(O)Cc1ccccn1. The highest BCUT2D eigenvalue weighted by atomic mass is 16.3. The number of aliphatic hydroxyl groups is 2. The first-order valence-electron chi connectivity index (χ1n) is 10.4. The monoisotopic (exact) mass is 349 g/mol. The van der Waals surface area contributed by atoms with E-state index >= 15 is 0 Å². The number of aromatic nitrogens is 1. The Morgan fingerprint density at radius 1 is 0.920 bits per heavy atom. The van der Waals surface area contributed by atoms with Crippen LogP contribution in [0, 0.1) is 5.92 Å². The van der Waals surface area contributed by atoms with Crippen LogP contribution in [0.1, 0.15) is 90.2 Å². The van der Waals surface area contributed by atoms with Gasteiger partial charge in [0, 0.05) is 18.3 Å². The Kier molecular flexibility index (Phi) is 12.6. The summed E-state index contributed by atoms with van der Waals surface area (Å²) in [5.74, 6) is 0.253. The molecule has 0 spiro atoms. The molecule has 3 nitrogen and oxygen atoms in total. The Morgan fingerprint density at radius 2 is 1.56 bits per heavy atom. The van der Waals surface area contributed by atoms with Gasteiger partial charge in [-0.15, -0.1) is 0 Å². The second kappa shape index (κ2) is 14.3. The minimum atomic E-state index is -0.518. The van der Waals surface area contributed by atoms with Crippen LogP contribution in [-0.4, -0.2) is 27.4 Å². The van der Waals surface area contributed by atoms with Crippen molar-refractivity contribution >= 4 is 0 Å². The van der Waals surface area contributed by atoms with Gasteiger partial charge in [0.1, 0.15) is 0 Å². The summed E-state index contributed by atoms with van der Waals surface area (Å²) in [5, 5.41) is 20.5. The van der Waals surface area contributed by atoms with Crippen LogP contribution < -0.4 is 0 Å². The van der Waals surface area contributed by atoms with Gasteiger partial charge >= 0.3 is 0 Å². The van der Waals surface area contributed by atoms with E-state index < -0.39 is 12.2 Å². The highest BCUT2D eigenvalue weighted by Gasteiger charge is 2.18. The number of aliphatic hydroxyl groups excluding tert-OH is 2. The fourth-order valence-corrected chi connectivity index (χ4v) is 3.32. The average Bonchev–Trinajstić information content (AvgIpc) is 2.60. The van der Waals surface area contributed by atoms with Crippen molar-refractivity contribution in [1.82, 2.24) is 4.98 Å². The van der Waals surface area contributed by atoms with Crippen molar-refractivity contribution in [1.29, 1.82) is 0 Å². The Morgan fingerprint density at radius 3 is 2.16 bits per heavy atom. The molecule has 3 unspecified atom stereocenters. The van der Waals surface area contributed by atoms with E-state index in [-0.39, 0.29) is 5.92 Å². The summed E-state index contributed by atoms with van der Waals surface area (Å²) < 4.78 is 0. The van der Waals surface area contributed by atoms with E-state index in [1.54, 1.807) is 6.20 Å². The molecule has 1 aromatic heterocycles. The molecule has 1 aromatic rings. The van der Waals surface area contributed by atoms with Crippen LogP contribution in [0.5, 0.6) is 0 Å². The van der Waals surface area contributed by atoms with Crippen molar-refractivity contribution in [3.63, 3.8) is 0 Å². The van der Waals surface area contributed by atoms with Gasteiger partial charge in [-0.3, -0.25) is 4.98 Å². The van der Waals surface area contributed by atoms with Gasteiger partial charge in [0.05, 0.1) is 12.2 Å². The third-order valence-electron chi connectivity index (χ3n) is 5.10. The number of rotatable bonds is 15. The molecule has 0 saturated heterocycles. The molecule has 2 N–H and O–H groups in total. The van der Waals surface area contributed by atoms with Crippen molar-refractivity contribution in [3.05, 3.63) is 30.1 Å². The summed E-state index contributed by atoms with van der Waals surface area (Å²) >= 11 is 0. The van der Waals surface area contributed by atoms with Gasteiger partial charge in [-0.25, -0.2) is 0 Å². The Balaban J connectivity index is 2.04. The zero-order valence-corrected chi connectivity index (χ0v) is 16.4. The van der Waals surface area contributed by atoms with Gasteiger partial charge in [-0.05, 0) is 30.9 Å². The summed E-state index contributed by atoms with van der Waals surface area (Å²) in [7, 11) is 0. The second-order valence-electron chi connectivity index (χ2n) is 7.58. The highest BCUT2D eigenvalue weighted by molar-refractivity contribution is 5.04. The van der Waals surface area contributed by atoms with Gasteiger partial charge in [-0.2, -0.15) is 0 Å². The maximum atomic E-state index is 10.3. The van der Waals surface area contributed by atoms with E-state index in [0.717, 1.165) is 12.1 Å². The molecule has 144 valence electrons. The molecule has 0 aromatic carbocycles. The molecule has 1 heterocycles. The molecule has 1 rings (SSSR count). The zero-order chi connectivity index (χ0) is 18.3. The maximum absolute atomic E-state index is 10.3. The van der Waals surface area contributed by atoms with E-state index in [2.05, 4.69) is 18.8 Å². The Hall–Kier alpha value is -0.930. The molecule has 25 heavy (non-hydrogen) atoms. The highest BCUT2D eigenvalue weighted by Crippen LogP contribution is 2.19. The molecule has 0 bridgehead atoms. The van der Waals surface area contributed by atoms with Crippen molar-refractivity contribution in [2.45, 2.75) is 103 Å². The zero-order valence-electron chi connectivity index (χ0n) is 16.4. The molecular weight excluding hydrogens is 310 g/mol. The van der Waals surface area contributed by atoms with Crippen LogP contribution in [-0.2, 0) is 6.42 Å². The van der Waals surface area contributed by atoms with Crippen molar-refractivity contribution < 1.29 is 10.2 Å². The molecule has 0 aliphatic heterocycles. The number of pyridine rings is 1. The van der Waals surface area contributed by atoms with E-state index in [9.17, 15) is 10.2 Å². The molecular formula is C22H39NO2. The Labute approximate surface area is 154 Å². The van der Waals surface area contributed by atoms with Gasteiger partial charge in [0.25, 0.3) is 0 Å². The minimum Gasteiger partial charge on any atom is -0.393 e.